The molecule has 1 unspecified atom stereocenters. The second kappa shape index (κ2) is 7.27. The Morgan fingerprint density at radius 2 is 2.00 bits per heavy atom. The molecule has 1 aromatic rings. The summed E-state index contributed by atoms with van der Waals surface area (Å²) in [5.41, 5.74) is -0.356. The van der Waals surface area contributed by atoms with Crippen molar-refractivity contribution in [1.82, 2.24) is 20.0 Å². The number of carboxylic acids is 1. The van der Waals surface area contributed by atoms with E-state index in [0.29, 0.717) is 19.2 Å². The molecule has 8 nitrogen and oxygen atoms in total. The van der Waals surface area contributed by atoms with E-state index in [2.05, 4.69) is 10.2 Å². The van der Waals surface area contributed by atoms with Gasteiger partial charge in [-0.05, 0) is 13.3 Å². The summed E-state index contributed by atoms with van der Waals surface area (Å²) < 4.78 is 38.9. The predicted molar refractivity (Wildman–Crippen MR) is 82.8 cm³/mol. The van der Waals surface area contributed by atoms with Crippen molar-refractivity contribution in [3.8, 4) is 0 Å². The monoisotopic (exact) mass is 442 g/mol. The fourth-order valence-electron chi connectivity index (χ4n) is 3.77. The Balaban J connectivity index is 0.00000225. The van der Waals surface area contributed by atoms with Crippen LogP contribution < -0.4 is 34.7 Å². The second-order valence-corrected chi connectivity index (χ2v) is 8.70. The minimum Gasteiger partial charge on any atom is -0.543 e. The molecule has 2 amide bonds. The van der Waals surface area contributed by atoms with Crippen molar-refractivity contribution >= 4 is 40.9 Å². The average molecular weight is 442 g/mol. The van der Waals surface area contributed by atoms with Gasteiger partial charge >= 0.3 is 41.6 Å². The number of piperidine rings is 1. The van der Waals surface area contributed by atoms with Crippen LogP contribution in [0.4, 0.5) is 13.2 Å². The Kier molecular flexibility index (Phi) is 5.60. The molecule has 14 heteroatoms. The number of thioether (sulfide) groups is 1. The molecule has 28 heavy (non-hydrogen) atoms. The van der Waals surface area contributed by atoms with E-state index in [0.717, 1.165) is 16.7 Å². The third kappa shape index (κ3) is 3.16. The van der Waals surface area contributed by atoms with Crippen molar-refractivity contribution < 1.29 is 62.2 Å². The average Bonchev–Trinajstić information content (AvgIpc) is 3.13. The number of nitrogens with zero attached hydrogens (tertiary/aromatic N) is 4. The van der Waals surface area contributed by atoms with Gasteiger partial charge in [0, 0.05) is 17.4 Å². The van der Waals surface area contributed by atoms with E-state index < -0.39 is 42.0 Å². The normalized spacial score (nSPS) is 26.0. The van der Waals surface area contributed by atoms with Crippen molar-refractivity contribution in [3.05, 3.63) is 15.6 Å². The largest absolute Gasteiger partial charge is 1.00 e. The number of hydrogen-bond donors (Lipinski definition) is 0. The summed E-state index contributed by atoms with van der Waals surface area (Å²) in [6.45, 7) is 1.43. The molecule has 144 valence electrons. The van der Waals surface area contributed by atoms with Crippen LogP contribution in [0.1, 0.15) is 11.4 Å². The van der Waals surface area contributed by atoms with Crippen LogP contribution in [0.5, 0.6) is 0 Å². The van der Waals surface area contributed by atoms with Crippen LogP contribution in [-0.4, -0.2) is 62.6 Å². The zero-order valence-electron chi connectivity index (χ0n) is 14.5. The van der Waals surface area contributed by atoms with Gasteiger partial charge in [0.25, 0.3) is 5.91 Å². The number of halogens is 3. The van der Waals surface area contributed by atoms with E-state index in [1.165, 1.54) is 11.3 Å². The first-order valence-corrected chi connectivity index (χ1v) is 9.39. The molecular formula is C14H10F3N4NaO4S2. The topological polar surface area (TPSA) is 107 Å². The summed E-state index contributed by atoms with van der Waals surface area (Å²) in [6.07, 6.45) is -5.00. The van der Waals surface area contributed by atoms with Crippen molar-refractivity contribution in [2.24, 2.45) is 5.92 Å². The van der Waals surface area contributed by atoms with Gasteiger partial charge in [0.1, 0.15) is 11.0 Å². The van der Waals surface area contributed by atoms with Gasteiger partial charge in [-0.1, -0.05) is 23.1 Å². The molecule has 4 heterocycles. The molecule has 3 atom stereocenters. The molecule has 1 aromatic heterocycles. The summed E-state index contributed by atoms with van der Waals surface area (Å²) in [6, 6.07) is -2.15. The summed E-state index contributed by atoms with van der Waals surface area (Å²) in [5.74, 6) is -5.01. The summed E-state index contributed by atoms with van der Waals surface area (Å²) >= 11 is 2.25. The van der Waals surface area contributed by atoms with E-state index in [9.17, 15) is 32.7 Å². The molecule has 0 radical (unpaired) electrons. The van der Waals surface area contributed by atoms with E-state index in [4.69, 9.17) is 0 Å². The van der Waals surface area contributed by atoms with Gasteiger partial charge in [-0.3, -0.25) is 9.59 Å². The molecule has 0 saturated carbocycles. The van der Waals surface area contributed by atoms with E-state index >= 15 is 0 Å². The molecule has 3 aliphatic rings. The van der Waals surface area contributed by atoms with E-state index in [1.807, 2.05) is 0 Å². The van der Waals surface area contributed by atoms with Crippen molar-refractivity contribution in [2.75, 3.05) is 6.54 Å². The predicted octanol–water partition coefficient (Wildman–Crippen LogP) is -3.09. The third-order valence-corrected chi connectivity index (χ3v) is 6.86. The van der Waals surface area contributed by atoms with Gasteiger partial charge < -0.3 is 19.7 Å². The van der Waals surface area contributed by atoms with Gasteiger partial charge in [-0.25, -0.2) is 0 Å². The number of aryl methyl sites for hydroxylation is 1. The van der Waals surface area contributed by atoms with Crippen molar-refractivity contribution in [2.45, 2.75) is 35.9 Å². The molecule has 2 saturated heterocycles. The maximum absolute atomic E-state index is 12.8. The number of likely N-dealkylation sites (tertiary alicyclic amines) is 1. The smallest absolute Gasteiger partial charge is 0.543 e. The van der Waals surface area contributed by atoms with Crippen molar-refractivity contribution in [3.63, 3.8) is 0 Å². The first-order valence-electron chi connectivity index (χ1n) is 7.75. The third-order valence-electron chi connectivity index (χ3n) is 4.75. The zero-order chi connectivity index (χ0) is 19.7. The standard InChI is InChI=1S/C14H11F3N4O4S2.Na/c1-4-18-19-13(26-4)27-9-5-2-3-20(12(25)14(15,16)17)7-6(5)21(10(7)22)8(9)11(23)24;/h5-7H,2-3H2,1H3,(H,23,24);/q;+1/p-1/t5?,6-,7+;/m1./s1. The quantitative estimate of drug-likeness (QED) is 0.361. The SMILES string of the molecule is Cc1nnc(SC2=C(C(=O)[O-])N3C(=O)[C@@H]4[C@H]3C2CCN4C(=O)C(F)(F)F)s1.[Na+]. The van der Waals surface area contributed by atoms with Crippen molar-refractivity contribution in [1.29, 1.82) is 0 Å². The summed E-state index contributed by atoms with van der Waals surface area (Å²) in [4.78, 5) is 37.4. The van der Waals surface area contributed by atoms with Crippen LogP contribution in [0.25, 0.3) is 0 Å². The Morgan fingerprint density at radius 1 is 1.32 bits per heavy atom. The maximum atomic E-state index is 12.8. The van der Waals surface area contributed by atoms with Gasteiger partial charge in [-0.2, -0.15) is 13.2 Å². The second-order valence-electron chi connectivity index (χ2n) is 6.22. The van der Waals surface area contributed by atoms with Crippen LogP contribution >= 0.6 is 23.1 Å². The number of rotatable bonds is 3. The molecule has 0 aliphatic carbocycles. The van der Waals surface area contributed by atoms with Gasteiger partial charge in [0.2, 0.25) is 0 Å². The number of hydrogen-bond acceptors (Lipinski definition) is 8. The van der Waals surface area contributed by atoms with E-state index in [1.54, 1.807) is 6.92 Å². The van der Waals surface area contributed by atoms with Crippen LogP contribution in [0.2, 0.25) is 0 Å². The number of carbonyl (C=O) groups excluding carboxylic acids is 3. The van der Waals surface area contributed by atoms with Gasteiger partial charge in [-0.15, -0.1) is 10.2 Å². The Hall–Kier alpha value is -1.15. The number of carbonyl (C=O) groups is 3. The first-order chi connectivity index (χ1) is 12.6. The number of alkyl halides is 3. The Labute approximate surface area is 186 Å². The number of aromatic nitrogens is 2. The Bertz CT molecular complexity index is 905. The molecular weight excluding hydrogens is 432 g/mol. The molecule has 0 N–H and O–H groups in total. The van der Waals surface area contributed by atoms with Gasteiger partial charge in [0.05, 0.1) is 17.7 Å². The molecule has 2 fully saturated rings. The summed E-state index contributed by atoms with van der Waals surface area (Å²) in [7, 11) is 0. The molecule has 0 aromatic carbocycles. The number of carboxylic acid groups (broad SMARTS) is 1. The molecule has 0 spiro atoms. The molecule has 3 aliphatic heterocycles. The van der Waals surface area contributed by atoms with Crippen LogP contribution in [-0.2, 0) is 14.4 Å². The van der Waals surface area contributed by atoms with Crippen LogP contribution in [0.15, 0.2) is 14.9 Å². The van der Waals surface area contributed by atoms with E-state index in [-0.39, 0.29) is 48.2 Å². The van der Waals surface area contributed by atoms with Crippen LogP contribution in [0, 0.1) is 12.8 Å². The zero-order valence-corrected chi connectivity index (χ0v) is 18.2. The number of aliphatic carboxylic acids is 1. The number of β-lactam (4-membered cyclic amide) rings is 1. The molecule has 4 rings (SSSR count). The fourth-order valence-corrected chi connectivity index (χ4v) is 5.94. The summed E-state index contributed by atoms with van der Waals surface area (Å²) in [5, 5.41) is 20.1. The molecule has 0 bridgehead atoms. The number of amides is 2. The maximum Gasteiger partial charge on any atom is 1.00 e. The van der Waals surface area contributed by atoms with Gasteiger partial charge in [0.15, 0.2) is 4.34 Å². The Morgan fingerprint density at radius 3 is 2.54 bits per heavy atom. The first kappa shape index (κ1) is 21.6. The fraction of sp³-hybridized carbons (Fsp3) is 0.500. The minimum absolute atomic E-state index is 0. The minimum atomic E-state index is -5.10. The van der Waals surface area contributed by atoms with Crippen LogP contribution in [0.3, 0.4) is 0 Å².